The molecule has 158 valence electrons. The van der Waals surface area contributed by atoms with Crippen molar-refractivity contribution >= 4 is 17.7 Å². The van der Waals surface area contributed by atoms with Crippen molar-refractivity contribution in [2.24, 2.45) is 0 Å². The number of carbonyl (C=O) groups is 1. The Kier molecular flexibility index (Phi) is 7.84. The van der Waals surface area contributed by atoms with E-state index in [1.165, 1.54) is 30.2 Å². The average molecular weight is 426 g/mol. The van der Waals surface area contributed by atoms with Crippen LogP contribution in [0.1, 0.15) is 37.8 Å². The number of carbonyl (C=O) groups excluding carboxylic acids is 1. The molecular formula is C22H27N5O2S. The van der Waals surface area contributed by atoms with Crippen LogP contribution >= 0.6 is 11.8 Å². The second kappa shape index (κ2) is 10.8. The maximum absolute atomic E-state index is 12.5. The second-order valence-electron chi connectivity index (χ2n) is 6.97. The minimum atomic E-state index is -0.336. The highest BCUT2D eigenvalue weighted by molar-refractivity contribution is 8.00. The first-order valence-corrected chi connectivity index (χ1v) is 10.9. The Morgan fingerprint density at radius 3 is 2.50 bits per heavy atom. The number of nitrogens with one attached hydrogen (secondary N) is 1. The normalized spacial score (nSPS) is 11.8. The summed E-state index contributed by atoms with van der Waals surface area (Å²) in [4.78, 5) is 12.5. The Morgan fingerprint density at radius 1 is 1.13 bits per heavy atom. The number of rotatable bonds is 10. The van der Waals surface area contributed by atoms with Gasteiger partial charge in [-0.3, -0.25) is 4.79 Å². The van der Waals surface area contributed by atoms with Gasteiger partial charge < -0.3 is 10.1 Å². The Labute approximate surface area is 181 Å². The molecule has 2 aromatic carbocycles. The van der Waals surface area contributed by atoms with Crippen LogP contribution in [0, 0.1) is 0 Å². The van der Waals surface area contributed by atoms with E-state index >= 15 is 0 Å². The van der Waals surface area contributed by atoms with Gasteiger partial charge in [0.25, 0.3) is 0 Å². The van der Waals surface area contributed by atoms with E-state index < -0.39 is 0 Å². The fourth-order valence-electron chi connectivity index (χ4n) is 2.89. The lowest BCUT2D eigenvalue weighted by Crippen LogP contribution is -2.30. The first-order chi connectivity index (χ1) is 14.6. The third kappa shape index (κ3) is 5.82. The van der Waals surface area contributed by atoms with Crippen LogP contribution < -0.4 is 10.1 Å². The van der Waals surface area contributed by atoms with Gasteiger partial charge in [-0.2, -0.15) is 4.68 Å². The molecule has 1 atom stereocenters. The molecular weight excluding hydrogens is 398 g/mol. The summed E-state index contributed by atoms with van der Waals surface area (Å²) in [5.41, 5.74) is 3.19. The topological polar surface area (TPSA) is 81.9 Å². The van der Waals surface area contributed by atoms with Crippen molar-refractivity contribution in [3.05, 3.63) is 59.7 Å². The highest BCUT2D eigenvalue weighted by atomic mass is 32.2. The lowest BCUT2D eigenvalue weighted by molar-refractivity contribution is -0.120. The molecule has 0 aliphatic heterocycles. The Hall–Kier alpha value is -2.87. The molecule has 1 heterocycles. The van der Waals surface area contributed by atoms with E-state index in [1.54, 1.807) is 11.8 Å². The molecule has 3 rings (SSSR count). The summed E-state index contributed by atoms with van der Waals surface area (Å²) in [5.74, 6) is 0.722. The summed E-state index contributed by atoms with van der Waals surface area (Å²) in [6.45, 7) is 4.49. The van der Waals surface area contributed by atoms with Crippen molar-refractivity contribution in [2.45, 2.75) is 50.1 Å². The van der Waals surface area contributed by atoms with Gasteiger partial charge in [0.2, 0.25) is 11.1 Å². The minimum Gasteiger partial charge on any atom is -0.497 e. The Morgan fingerprint density at radius 2 is 1.83 bits per heavy atom. The molecule has 0 saturated carbocycles. The van der Waals surface area contributed by atoms with Crippen LogP contribution in [0.2, 0.25) is 0 Å². The lowest BCUT2D eigenvalue weighted by atomic mass is 10.1. The molecule has 1 N–H and O–H groups in total. The minimum absolute atomic E-state index is 0.0692. The number of benzene rings is 2. The van der Waals surface area contributed by atoms with Crippen LogP contribution in [-0.4, -0.2) is 38.5 Å². The molecule has 0 saturated heterocycles. The van der Waals surface area contributed by atoms with Crippen molar-refractivity contribution < 1.29 is 9.53 Å². The van der Waals surface area contributed by atoms with Crippen LogP contribution in [0.25, 0.3) is 5.69 Å². The van der Waals surface area contributed by atoms with E-state index in [1.807, 2.05) is 43.3 Å². The summed E-state index contributed by atoms with van der Waals surface area (Å²) >= 11 is 1.33. The molecule has 30 heavy (non-hydrogen) atoms. The van der Waals surface area contributed by atoms with Gasteiger partial charge in [0.1, 0.15) is 5.75 Å². The number of amides is 1. The van der Waals surface area contributed by atoms with Crippen LogP contribution in [0.5, 0.6) is 5.75 Å². The van der Waals surface area contributed by atoms with Gasteiger partial charge >= 0.3 is 0 Å². The Balaban J connectivity index is 1.58. The third-order valence-electron chi connectivity index (χ3n) is 4.72. The molecule has 1 amide bonds. The maximum atomic E-state index is 12.5. The predicted molar refractivity (Wildman–Crippen MR) is 118 cm³/mol. The first kappa shape index (κ1) is 21.8. The largest absolute Gasteiger partial charge is 0.497 e. The number of aryl methyl sites for hydroxylation is 1. The molecule has 0 aliphatic rings. The maximum Gasteiger partial charge on any atom is 0.233 e. The van der Waals surface area contributed by atoms with E-state index in [4.69, 9.17) is 4.74 Å². The predicted octanol–water partition coefficient (Wildman–Crippen LogP) is 3.81. The SMILES string of the molecule is CCCCc1ccc(-n2nnnc2SC(C)C(=O)NCc2ccc(OC)cc2)cc1. The Bertz CT molecular complexity index is 941. The van der Waals surface area contributed by atoms with E-state index in [9.17, 15) is 4.79 Å². The van der Waals surface area contributed by atoms with Crippen molar-refractivity contribution in [1.29, 1.82) is 0 Å². The van der Waals surface area contributed by atoms with E-state index in [0.29, 0.717) is 11.7 Å². The summed E-state index contributed by atoms with van der Waals surface area (Å²) in [6, 6.07) is 15.9. The third-order valence-corrected chi connectivity index (χ3v) is 5.75. The van der Waals surface area contributed by atoms with Crippen molar-refractivity contribution in [3.8, 4) is 11.4 Å². The van der Waals surface area contributed by atoms with Gasteiger partial charge in [-0.05, 0) is 65.6 Å². The van der Waals surface area contributed by atoms with Crippen LogP contribution in [-0.2, 0) is 17.8 Å². The fraction of sp³-hybridized carbons (Fsp3) is 0.364. The standard InChI is InChI=1S/C22H27N5O2S/c1-4-5-6-17-7-11-19(12-8-17)27-22(24-25-26-27)30-16(2)21(28)23-15-18-9-13-20(29-3)14-10-18/h7-14,16H,4-6,15H2,1-3H3,(H,23,28). The van der Waals surface area contributed by atoms with Gasteiger partial charge in [0, 0.05) is 6.54 Å². The van der Waals surface area contributed by atoms with Crippen molar-refractivity contribution in [3.63, 3.8) is 0 Å². The summed E-state index contributed by atoms with van der Waals surface area (Å²) in [7, 11) is 1.63. The smallest absolute Gasteiger partial charge is 0.233 e. The number of nitrogens with zero attached hydrogens (tertiary/aromatic N) is 4. The molecule has 1 unspecified atom stereocenters. The second-order valence-corrected chi connectivity index (χ2v) is 8.28. The highest BCUT2D eigenvalue weighted by Crippen LogP contribution is 2.23. The number of hydrogen-bond acceptors (Lipinski definition) is 6. The van der Waals surface area contributed by atoms with Gasteiger partial charge in [0.15, 0.2) is 0 Å². The number of methoxy groups -OCH3 is 1. The fourth-order valence-corrected chi connectivity index (χ4v) is 3.72. The molecule has 0 fully saturated rings. The van der Waals surface area contributed by atoms with E-state index in [0.717, 1.165) is 23.4 Å². The zero-order valence-corrected chi connectivity index (χ0v) is 18.4. The van der Waals surface area contributed by atoms with Crippen LogP contribution in [0.15, 0.2) is 53.7 Å². The molecule has 3 aromatic rings. The van der Waals surface area contributed by atoms with Gasteiger partial charge in [-0.1, -0.05) is 49.4 Å². The monoisotopic (exact) mass is 425 g/mol. The number of unbranched alkanes of at least 4 members (excludes halogenated alkanes) is 1. The summed E-state index contributed by atoms with van der Waals surface area (Å²) in [6.07, 6.45) is 3.42. The van der Waals surface area contributed by atoms with Gasteiger partial charge in [-0.25, -0.2) is 0 Å². The first-order valence-electron chi connectivity index (χ1n) is 10.1. The number of thioether (sulfide) groups is 1. The van der Waals surface area contributed by atoms with Crippen molar-refractivity contribution in [2.75, 3.05) is 7.11 Å². The summed E-state index contributed by atoms with van der Waals surface area (Å²) < 4.78 is 6.82. The number of hydrogen-bond donors (Lipinski definition) is 1. The molecule has 0 spiro atoms. The zero-order chi connectivity index (χ0) is 21.3. The zero-order valence-electron chi connectivity index (χ0n) is 17.5. The molecule has 0 radical (unpaired) electrons. The summed E-state index contributed by atoms with van der Waals surface area (Å²) in [5, 5.41) is 15.2. The average Bonchev–Trinajstić information content (AvgIpc) is 3.24. The van der Waals surface area contributed by atoms with Gasteiger partial charge in [-0.15, -0.1) is 5.10 Å². The molecule has 1 aromatic heterocycles. The number of aromatic nitrogens is 4. The van der Waals surface area contributed by atoms with Gasteiger partial charge in [0.05, 0.1) is 18.0 Å². The highest BCUT2D eigenvalue weighted by Gasteiger charge is 2.19. The molecule has 8 heteroatoms. The van der Waals surface area contributed by atoms with Crippen molar-refractivity contribution in [1.82, 2.24) is 25.5 Å². The van der Waals surface area contributed by atoms with Crippen LogP contribution in [0.4, 0.5) is 0 Å². The molecule has 0 aliphatic carbocycles. The number of ether oxygens (including phenoxy) is 1. The molecule has 0 bridgehead atoms. The van der Waals surface area contributed by atoms with Crippen LogP contribution in [0.3, 0.4) is 0 Å². The van der Waals surface area contributed by atoms with E-state index in [2.05, 4.69) is 39.9 Å². The lowest BCUT2D eigenvalue weighted by Gasteiger charge is -2.12. The van der Waals surface area contributed by atoms with E-state index in [-0.39, 0.29) is 11.2 Å². The quantitative estimate of drug-likeness (QED) is 0.498. The molecule has 7 nitrogen and oxygen atoms in total. The number of tetrazole rings is 1.